The highest BCUT2D eigenvalue weighted by molar-refractivity contribution is 7.10. The molecule has 0 saturated heterocycles. The van der Waals surface area contributed by atoms with Crippen LogP contribution in [0.4, 0.5) is 0 Å². The fourth-order valence-electron chi connectivity index (χ4n) is 3.19. The van der Waals surface area contributed by atoms with Crippen molar-refractivity contribution in [2.75, 3.05) is 6.61 Å². The summed E-state index contributed by atoms with van der Waals surface area (Å²) in [5, 5.41) is 8.14. The Hall–Kier alpha value is -3.16. The Morgan fingerprint density at radius 1 is 0.938 bits per heavy atom. The number of nitrogens with one attached hydrogen (secondary N) is 2. The topological polar surface area (TPSA) is 84.5 Å². The lowest BCUT2D eigenvalue weighted by atomic mass is 10.0. The molecule has 0 aliphatic heterocycles. The zero-order valence-electron chi connectivity index (χ0n) is 17.4. The van der Waals surface area contributed by atoms with Crippen molar-refractivity contribution in [3.63, 3.8) is 0 Å². The summed E-state index contributed by atoms with van der Waals surface area (Å²) in [6, 6.07) is 19.3. The first-order valence-corrected chi connectivity index (χ1v) is 11.2. The van der Waals surface area contributed by atoms with Gasteiger partial charge in [0.1, 0.15) is 0 Å². The highest BCUT2D eigenvalue weighted by Gasteiger charge is 2.21. The van der Waals surface area contributed by atoms with Gasteiger partial charge in [0, 0.05) is 16.8 Å². The number of thiophene rings is 1. The van der Waals surface area contributed by atoms with Crippen LogP contribution in [-0.4, -0.2) is 24.4 Å². The zero-order valence-corrected chi connectivity index (χ0v) is 19.0. The van der Waals surface area contributed by atoms with E-state index in [2.05, 4.69) is 10.6 Å². The summed E-state index contributed by atoms with van der Waals surface area (Å²) in [6.45, 7) is 0.955. The lowest BCUT2D eigenvalue weighted by Crippen LogP contribution is -2.33. The molecule has 2 amide bonds. The van der Waals surface area contributed by atoms with Crippen LogP contribution in [0.25, 0.3) is 0 Å². The van der Waals surface area contributed by atoms with Crippen LogP contribution in [0.1, 0.15) is 41.4 Å². The highest BCUT2D eigenvalue weighted by Crippen LogP contribution is 2.26. The molecule has 0 spiro atoms. The van der Waals surface area contributed by atoms with Crippen LogP contribution < -0.4 is 10.6 Å². The summed E-state index contributed by atoms with van der Waals surface area (Å²) in [4.78, 5) is 37.5. The molecule has 2 atom stereocenters. The van der Waals surface area contributed by atoms with Crippen LogP contribution in [0.15, 0.2) is 72.1 Å². The second kappa shape index (κ2) is 11.5. The fraction of sp³-hybridized carbons (Fsp3) is 0.208. The van der Waals surface area contributed by atoms with Crippen molar-refractivity contribution in [2.45, 2.75) is 25.4 Å². The lowest BCUT2D eigenvalue weighted by molar-refractivity contribution is -0.149. The largest absolute Gasteiger partial charge is 0.456 e. The molecule has 0 radical (unpaired) electrons. The van der Waals surface area contributed by atoms with Gasteiger partial charge in [0.15, 0.2) is 6.61 Å². The molecular formula is C24H23ClN2O4S. The number of halogens is 1. The van der Waals surface area contributed by atoms with Crippen molar-refractivity contribution in [2.24, 2.45) is 0 Å². The minimum absolute atomic E-state index is 0.110. The molecule has 0 bridgehead atoms. The second-order valence-electron chi connectivity index (χ2n) is 7.10. The number of benzene rings is 2. The number of hydrogen-bond acceptors (Lipinski definition) is 5. The van der Waals surface area contributed by atoms with Gasteiger partial charge in [-0.1, -0.05) is 60.1 Å². The van der Waals surface area contributed by atoms with Crippen molar-refractivity contribution in [1.29, 1.82) is 0 Å². The highest BCUT2D eigenvalue weighted by atomic mass is 35.5. The summed E-state index contributed by atoms with van der Waals surface area (Å²) in [6.07, 6.45) is -0.110. The maximum absolute atomic E-state index is 12.5. The van der Waals surface area contributed by atoms with Crippen LogP contribution in [0.5, 0.6) is 0 Å². The third kappa shape index (κ3) is 6.93. The minimum atomic E-state index is -0.596. The summed E-state index contributed by atoms with van der Waals surface area (Å²) in [5.74, 6) is -1.29. The first-order chi connectivity index (χ1) is 15.4. The average Bonchev–Trinajstić information content (AvgIpc) is 3.31. The van der Waals surface area contributed by atoms with Gasteiger partial charge >= 0.3 is 5.97 Å². The van der Waals surface area contributed by atoms with Crippen molar-refractivity contribution >= 4 is 40.7 Å². The van der Waals surface area contributed by atoms with E-state index in [0.717, 1.165) is 10.4 Å². The number of carbonyl (C=O) groups is 3. The third-order valence-electron chi connectivity index (χ3n) is 4.65. The van der Waals surface area contributed by atoms with Gasteiger partial charge in [-0.15, -0.1) is 11.3 Å². The smallest absolute Gasteiger partial charge is 0.308 e. The van der Waals surface area contributed by atoms with E-state index in [4.69, 9.17) is 16.3 Å². The van der Waals surface area contributed by atoms with Gasteiger partial charge in [-0.3, -0.25) is 14.4 Å². The van der Waals surface area contributed by atoms with E-state index in [-0.39, 0.29) is 18.4 Å². The van der Waals surface area contributed by atoms with Crippen molar-refractivity contribution in [3.05, 3.63) is 93.1 Å². The van der Waals surface area contributed by atoms with Crippen LogP contribution in [0.2, 0.25) is 5.02 Å². The molecule has 6 nitrogen and oxygen atoms in total. The number of ether oxygens (including phenoxy) is 1. The molecule has 2 unspecified atom stereocenters. The van der Waals surface area contributed by atoms with E-state index in [0.29, 0.717) is 10.6 Å². The van der Waals surface area contributed by atoms with Crippen molar-refractivity contribution in [1.82, 2.24) is 10.6 Å². The predicted octanol–water partition coefficient (Wildman–Crippen LogP) is 4.42. The standard InChI is InChI=1S/C24H23ClN2O4S/c1-16(28)26-20(17-9-11-19(25)12-10-17)14-23(30)31-15-22(29)27-24(21-8-5-13-32-21)18-6-3-2-4-7-18/h2-13,20,24H,14-15H2,1H3,(H,26,28)(H,27,29). The van der Waals surface area contributed by atoms with E-state index in [1.54, 1.807) is 24.3 Å². The molecule has 0 aliphatic carbocycles. The molecule has 0 aliphatic rings. The first-order valence-electron chi connectivity index (χ1n) is 9.98. The normalized spacial score (nSPS) is 12.4. The first kappa shape index (κ1) is 23.5. The minimum Gasteiger partial charge on any atom is -0.456 e. The van der Waals surface area contributed by atoms with Crippen LogP contribution >= 0.6 is 22.9 Å². The molecule has 8 heteroatoms. The summed E-state index contributed by atoms with van der Waals surface area (Å²) >= 11 is 7.45. The summed E-state index contributed by atoms with van der Waals surface area (Å²) in [5.41, 5.74) is 1.65. The van der Waals surface area contributed by atoms with E-state index in [1.807, 2.05) is 47.8 Å². The second-order valence-corrected chi connectivity index (χ2v) is 8.51. The number of hydrogen-bond donors (Lipinski definition) is 2. The fourth-order valence-corrected chi connectivity index (χ4v) is 4.12. The Balaban J connectivity index is 1.59. The molecule has 1 heterocycles. The monoisotopic (exact) mass is 470 g/mol. The average molecular weight is 471 g/mol. The van der Waals surface area contributed by atoms with E-state index >= 15 is 0 Å². The maximum atomic E-state index is 12.5. The van der Waals surface area contributed by atoms with Gasteiger partial charge in [-0.2, -0.15) is 0 Å². The molecule has 32 heavy (non-hydrogen) atoms. The van der Waals surface area contributed by atoms with Gasteiger partial charge in [-0.05, 0) is 34.7 Å². The van der Waals surface area contributed by atoms with E-state index in [9.17, 15) is 14.4 Å². The number of carbonyl (C=O) groups excluding carboxylic acids is 3. The molecule has 3 aromatic rings. The Morgan fingerprint density at radius 2 is 1.66 bits per heavy atom. The van der Waals surface area contributed by atoms with Crippen LogP contribution in [0, 0.1) is 0 Å². The van der Waals surface area contributed by atoms with Gasteiger partial charge in [0.25, 0.3) is 5.91 Å². The zero-order chi connectivity index (χ0) is 22.9. The number of rotatable bonds is 9. The molecule has 3 rings (SSSR count). The molecule has 166 valence electrons. The van der Waals surface area contributed by atoms with Crippen LogP contribution in [-0.2, 0) is 19.1 Å². The summed E-state index contributed by atoms with van der Waals surface area (Å²) < 4.78 is 5.19. The lowest BCUT2D eigenvalue weighted by Gasteiger charge is -2.19. The predicted molar refractivity (Wildman–Crippen MR) is 124 cm³/mol. The van der Waals surface area contributed by atoms with Gasteiger partial charge in [-0.25, -0.2) is 0 Å². The third-order valence-corrected chi connectivity index (χ3v) is 5.84. The number of esters is 1. The maximum Gasteiger partial charge on any atom is 0.308 e. The molecule has 0 saturated carbocycles. The molecular weight excluding hydrogens is 448 g/mol. The quantitative estimate of drug-likeness (QED) is 0.453. The van der Waals surface area contributed by atoms with Crippen molar-refractivity contribution in [3.8, 4) is 0 Å². The van der Waals surface area contributed by atoms with Gasteiger partial charge in [0.05, 0.1) is 18.5 Å². The van der Waals surface area contributed by atoms with E-state index < -0.39 is 24.5 Å². The van der Waals surface area contributed by atoms with Crippen molar-refractivity contribution < 1.29 is 19.1 Å². The Morgan fingerprint density at radius 3 is 2.28 bits per heavy atom. The number of amides is 2. The summed E-state index contributed by atoms with van der Waals surface area (Å²) in [7, 11) is 0. The van der Waals surface area contributed by atoms with Gasteiger partial charge < -0.3 is 15.4 Å². The van der Waals surface area contributed by atoms with Gasteiger partial charge in [0.2, 0.25) is 5.91 Å². The van der Waals surface area contributed by atoms with E-state index in [1.165, 1.54) is 18.3 Å². The Labute approximate surface area is 195 Å². The molecule has 1 aromatic heterocycles. The molecule has 2 aromatic carbocycles. The Kier molecular flexibility index (Phi) is 8.41. The SMILES string of the molecule is CC(=O)NC(CC(=O)OCC(=O)NC(c1ccccc1)c1cccs1)c1ccc(Cl)cc1. The molecule has 2 N–H and O–H groups in total. The Bertz CT molecular complexity index is 1040. The van der Waals surface area contributed by atoms with Crippen LogP contribution in [0.3, 0.4) is 0 Å². The molecule has 0 fully saturated rings.